The van der Waals surface area contributed by atoms with Gasteiger partial charge >= 0.3 is 0 Å². The van der Waals surface area contributed by atoms with Crippen LogP contribution >= 0.6 is 0 Å². The minimum Gasteiger partial charge on any atom is -0.294 e. The first-order valence-electron chi connectivity index (χ1n) is 7.22. The van der Waals surface area contributed by atoms with Gasteiger partial charge in [0.15, 0.2) is 34.7 Å². The van der Waals surface area contributed by atoms with Crippen molar-refractivity contribution in [3.8, 4) is 0 Å². The van der Waals surface area contributed by atoms with E-state index in [2.05, 4.69) is 0 Å². The minimum absolute atomic E-state index is 0.0517. The predicted octanol–water partition coefficient (Wildman–Crippen LogP) is 1.42. The zero-order valence-electron chi connectivity index (χ0n) is 14.4. The zero-order valence-corrected chi connectivity index (χ0v) is 14.4. The van der Waals surface area contributed by atoms with Gasteiger partial charge in [0.05, 0.1) is 16.7 Å². The summed E-state index contributed by atoms with van der Waals surface area (Å²) in [4.78, 5) is 70.9. The van der Waals surface area contributed by atoms with Crippen molar-refractivity contribution in [3.63, 3.8) is 0 Å². The van der Waals surface area contributed by atoms with E-state index in [-0.39, 0.29) is 33.4 Å². The van der Waals surface area contributed by atoms with Gasteiger partial charge < -0.3 is 0 Å². The van der Waals surface area contributed by atoms with Crippen LogP contribution in [0.15, 0.2) is 33.4 Å². The van der Waals surface area contributed by atoms with Gasteiger partial charge in [0.1, 0.15) is 0 Å². The molecule has 24 heavy (non-hydrogen) atoms. The first-order chi connectivity index (χ1) is 10.9. The monoisotopic (exact) mass is 330 g/mol. The van der Waals surface area contributed by atoms with Gasteiger partial charge in [-0.2, -0.15) is 0 Å². The van der Waals surface area contributed by atoms with E-state index in [1.54, 1.807) is 0 Å². The molecule has 0 aliphatic heterocycles. The maximum atomic E-state index is 11.8. The van der Waals surface area contributed by atoms with Crippen molar-refractivity contribution in [2.75, 3.05) is 0 Å². The van der Waals surface area contributed by atoms with E-state index in [9.17, 15) is 28.8 Å². The molecule has 0 saturated heterocycles. The average Bonchev–Trinajstić information content (AvgIpc) is 3.00. The SMILES string of the molecule is CC(=O)C(C(C)=O)=C1C(=C(C(C)=O)C(C)=O)C1=C(C(C)=O)C(C)=O. The molecule has 0 aromatic heterocycles. The molecule has 126 valence electrons. The second kappa shape index (κ2) is 6.78. The molecule has 1 rings (SSSR count). The first kappa shape index (κ1) is 19.3. The molecule has 0 N–H and O–H groups in total. The molecule has 6 heteroatoms. The number of allylic oxidation sites excluding steroid dienone is 6. The molecule has 0 aromatic rings. The van der Waals surface area contributed by atoms with Crippen molar-refractivity contribution in [3.05, 3.63) is 33.4 Å². The summed E-state index contributed by atoms with van der Waals surface area (Å²) < 4.78 is 0. The van der Waals surface area contributed by atoms with E-state index >= 15 is 0 Å². The third-order valence-electron chi connectivity index (χ3n) is 3.55. The Morgan fingerprint density at radius 2 is 0.500 bits per heavy atom. The van der Waals surface area contributed by atoms with Crippen molar-refractivity contribution >= 4 is 34.7 Å². The standard InChI is InChI=1S/C18H18O6/c1-7(19)13(8(2)20)16-17(14(9(3)21)10(4)22)18(16)15(11(5)23)12(6)24/h1-6H3. The van der Waals surface area contributed by atoms with Gasteiger partial charge in [-0.1, -0.05) is 0 Å². The van der Waals surface area contributed by atoms with Crippen molar-refractivity contribution < 1.29 is 28.8 Å². The van der Waals surface area contributed by atoms with Crippen LogP contribution in [0, 0.1) is 0 Å². The third kappa shape index (κ3) is 3.42. The lowest BCUT2D eigenvalue weighted by atomic mass is 10.0. The summed E-state index contributed by atoms with van der Waals surface area (Å²) >= 11 is 0. The number of carbonyl (C=O) groups excluding carboxylic acids is 6. The predicted molar refractivity (Wildman–Crippen MR) is 85.2 cm³/mol. The largest absolute Gasteiger partial charge is 0.294 e. The Labute approximate surface area is 139 Å². The molecule has 1 aliphatic carbocycles. The Balaban J connectivity index is 4.10. The van der Waals surface area contributed by atoms with E-state index in [0.717, 1.165) is 0 Å². The summed E-state index contributed by atoms with van der Waals surface area (Å²) in [5.41, 5.74) is -0.512. The molecule has 1 fully saturated rings. The van der Waals surface area contributed by atoms with Crippen molar-refractivity contribution in [2.45, 2.75) is 41.5 Å². The molecule has 0 aromatic carbocycles. The van der Waals surface area contributed by atoms with Crippen LogP contribution in [-0.2, 0) is 28.8 Å². The van der Waals surface area contributed by atoms with Gasteiger partial charge in [0.25, 0.3) is 0 Å². The minimum atomic E-state index is -0.567. The maximum absolute atomic E-state index is 11.8. The maximum Gasteiger partial charge on any atom is 0.164 e. The molecule has 1 aliphatic rings. The highest BCUT2D eigenvalue weighted by molar-refractivity contribution is 6.30. The normalized spacial score (nSPS) is 12.5. The lowest BCUT2D eigenvalue weighted by molar-refractivity contribution is -0.121. The molecule has 0 amide bonds. The number of carbonyl (C=O) groups is 6. The van der Waals surface area contributed by atoms with Crippen molar-refractivity contribution in [2.24, 2.45) is 0 Å². The fourth-order valence-electron chi connectivity index (χ4n) is 2.74. The van der Waals surface area contributed by atoms with Crippen LogP contribution in [0.5, 0.6) is 0 Å². The zero-order chi connectivity index (χ0) is 18.9. The van der Waals surface area contributed by atoms with E-state index in [4.69, 9.17) is 0 Å². The van der Waals surface area contributed by atoms with Crippen LogP contribution in [-0.4, -0.2) is 34.7 Å². The van der Waals surface area contributed by atoms with Crippen LogP contribution in [0.2, 0.25) is 0 Å². The lowest BCUT2D eigenvalue weighted by Gasteiger charge is -1.96. The third-order valence-corrected chi connectivity index (χ3v) is 3.55. The highest BCUT2D eigenvalue weighted by Gasteiger charge is 2.44. The average molecular weight is 330 g/mol. The molecule has 0 unspecified atom stereocenters. The second-order valence-corrected chi connectivity index (χ2v) is 5.59. The summed E-state index contributed by atoms with van der Waals surface area (Å²) in [7, 11) is 0. The second-order valence-electron chi connectivity index (χ2n) is 5.59. The molecule has 0 spiro atoms. The number of hydrogen-bond donors (Lipinski definition) is 0. The van der Waals surface area contributed by atoms with Crippen LogP contribution in [0.3, 0.4) is 0 Å². The van der Waals surface area contributed by atoms with Crippen LogP contribution in [0.25, 0.3) is 0 Å². The number of hydrogen-bond acceptors (Lipinski definition) is 6. The topological polar surface area (TPSA) is 102 Å². The molecule has 0 radical (unpaired) electrons. The lowest BCUT2D eigenvalue weighted by Crippen LogP contribution is -2.08. The Morgan fingerprint density at radius 1 is 0.375 bits per heavy atom. The Kier molecular flexibility index (Phi) is 5.45. The van der Waals surface area contributed by atoms with E-state index in [1.807, 2.05) is 0 Å². The van der Waals surface area contributed by atoms with Gasteiger partial charge in [-0.25, -0.2) is 0 Å². The Morgan fingerprint density at radius 3 is 0.583 bits per heavy atom. The molecule has 0 bridgehead atoms. The quantitative estimate of drug-likeness (QED) is 0.414. The van der Waals surface area contributed by atoms with Gasteiger partial charge in [-0.05, 0) is 41.5 Å². The van der Waals surface area contributed by atoms with Gasteiger partial charge in [-0.3, -0.25) is 28.8 Å². The molecule has 0 heterocycles. The molecular formula is C18H18O6. The number of Topliss-reactive ketones (excluding diaryl/α,β-unsaturated/α-hetero) is 6. The van der Waals surface area contributed by atoms with Gasteiger partial charge in [-0.15, -0.1) is 0 Å². The summed E-state index contributed by atoms with van der Waals surface area (Å²) in [6.45, 7) is 7.00. The van der Waals surface area contributed by atoms with E-state index in [0.29, 0.717) is 0 Å². The fraction of sp³-hybridized carbons (Fsp3) is 0.333. The highest BCUT2D eigenvalue weighted by Crippen LogP contribution is 2.51. The van der Waals surface area contributed by atoms with Gasteiger partial charge in [0.2, 0.25) is 0 Å². The van der Waals surface area contributed by atoms with Crippen molar-refractivity contribution in [1.29, 1.82) is 0 Å². The number of rotatable bonds is 6. The van der Waals surface area contributed by atoms with E-state index in [1.165, 1.54) is 41.5 Å². The molecular weight excluding hydrogens is 312 g/mol. The Hall–Kier alpha value is -2.76. The highest BCUT2D eigenvalue weighted by atomic mass is 16.2. The van der Waals surface area contributed by atoms with E-state index < -0.39 is 34.7 Å². The van der Waals surface area contributed by atoms with Crippen molar-refractivity contribution in [1.82, 2.24) is 0 Å². The fourth-order valence-corrected chi connectivity index (χ4v) is 2.74. The van der Waals surface area contributed by atoms with Gasteiger partial charge in [0, 0.05) is 16.7 Å². The van der Waals surface area contributed by atoms with Crippen LogP contribution in [0.1, 0.15) is 41.5 Å². The summed E-state index contributed by atoms with van der Waals surface area (Å²) in [6, 6.07) is 0. The molecule has 6 nitrogen and oxygen atoms in total. The summed E-state index contributed by atoms with van der Waals surface area (Å²) in [6.07, 6.45) is 0. The van der Waals surface area contributed by atoms with Crippen LogP contribution < -0.4 is 0 Å². The smallest absolute Gasteiger partial charge is 0.164 e. The molecule has 0 atom stereocenters. The Bertz CT molecular complexity index is 645. The summed E-state index contributed by atoms with van der Waals surface area (Å²) in [5.74, 6) is -3.40. The first-order valence-corrected chi connectivity index (χ1v) is 7.22. The van der Waals surface area contributed by atoms with Crippen LogP contribution in [0.4, 0.5) is 0 Å². The molecule has 1 saturated carbocycles. The summed E-state index contributed by atoms with van der Waals surface area (Å²) in [5, 5.41) is 0. The number of ketones is 6.